The van der Waals surface area contributed by atoms with E-state index < -0.39 is 0 Å². The third-order valence-corrected chi connectivity index (χ3v) is 6.48. The molecule has 0 aliphatic carbocycles. The van der Waals surface area contributed by atoms with E-state index in [1.54, 1.807) is 28.9 Å². The van der Waals surface area contributed by atoms with Crippen molar-refractivity contribution < 1.29 is 0 Å². The zero-order chi connectivity index (χ0) is 18.2. The first kappa shape index (κ1) is 16.6. The van der Waals surface area contributed by atoms with Gasteiger partial charge < -0.3 is 0 Å². The minimum absolute atomic E-state index is 0.643. The Hall–Kier alpha value is -2.61. The van der Waals surface area contributed by atoms with Crippen molar-refractivity contribution in [1.29, 1.82) is 0 Å². The average Bonchev–Trinajstić information content (AvgIpc) is 3.46. The summed E-state index contributed by atoms with van der Waals surface area (Å²) in [5, 5.41) is 22.1. The summed E-state index contributed by atoms with van der Waals surface area (Å²) >= 11 is 9.73. The van der Waals surface area contributed by atoms with E-state index in [4.69, 9.17) is 11.6 Å². The molecule has 5 nitrogen and oxygen atoms in total. The molecule has 27 heavy (non-hydrogen) atoms. The lowest BCUT2D eigenvalue weighted by molar-refractivity contribution is 1.01. The molecule has 3 heterocycles. The molecule has 1 N–H and O–H groups in total. The van der Waals surface area contributed by atoms with Crippen LogP contribution in [0.25, 0.3) is 32.0 Å². The molecule has 0 fully saturated rings. The standard InChI is InChI=1S/C19H12ClN5S2/c20-17-11(4-5-15-14(17)10-22-23-15)9-16-24-25-19(27-16)13-3-1-2-12(8-13)18-21-6-7-26-18/h1-8,10H,9H2,(H,22,23). The highest BCUT2D eigenvalue weighted by molar-refractivity contribution is 7.14. The van der Waals surface area contributed by atoms with Crippen LogP contribution in [0.15, 0.2) is 54.2 Å². The van der Waals surface area contributed by atoms with E-state index in [2.05, 4.69) is 37.5 Å². The van der Waals surface area contributed by atoms with Crippen molar-refractivity contribution in [2.45, 2.75) is 6.42 Å². The Morgan fingerprint density at radius 3 is 2.78 bits per heavy atom. The van der Waals surface area contributed by atoms with Crippen LogP contribution < -0.4 is 0 Å². The molecule has 8 heteroatoms. The number of fused-ring (bicyclic) bond motifs is 1. The van der Waals surface area contributed by atoms with Crippen molar-refractivity contribution in [2.75, 3.05) is 0 Å². The fourth-order valence-corrected chi connectivity index (χ4v) is 4.70. The fourth-order valence-electron chi connectivity index (χ4n) is 2.92. The first-order valence-corrected chi connectivity index (χ1v) is 10.3. The first-order chi connectivity index (χ1) is 13.3. The summed E-state index contributed by atoms with van der Waals surface area (Å²) in [6, 6.07) is 12.2. The molecule has 0 radical (unpaired) electrons. The Labute approximate surface area is 167 Å². The molecular formula is C19H12ClN5S2. The summed E-state index contributed by atoms with van der Waals surface area (Å²) in [5.41, 5.74) is 4.08. The molecule has 132 valence electrons. The van der Waals surface area contributed by atoms with Crippen LogP contribution in [0, 0.1) is 0 Å². The lowest BCUT2D eigenvalue weighted by Crippen LogP contribution is -1.89. The SMILES string of the molecule is Clc1c(Cc2nnc(-c3cccc(-c4nccs4)c3)s2)ccc2[nH]ncc12. The van der Waals surface area contributed by atoms with E-state index in [0.29, 0.717) is 11.4 Å². The van der Waals surface area contributed by atoms with Crippen molar-refractivity contribution >= 4 is 45.2 Å². The van der Waals surface area contributed by atoms with Gasteiger partial charge in [0.15, 0.2) is 0 Å². The summed E-state index contributed by atoms with van der Waals surface area (Å²) in [7, 11) is 0. The number of nitrogens with one attached hydrogen (secondary N) is 1. The average molecular weight is 410 g/mol. The molecule has 2 aromatic carbocycles. The van der Waals surface area contributed by atoms with Gasteiger partial charge in [0, 0.05) is 34.5 Å². The number of aromatic amines is 1. The van der Waals surface area contributed by atoms with Crippen molar-refractivity contribution in [2.24, 2.45) is 0 Å². The number of rotatable bonds is 4. The minimum atomic E-state index is 0.643. The number of halogens is 1. The summed E-state index contributed by atoms with van der Waals surface area (Å²) in [6.07, 6.45) is 4.21. The van der Waals surface area contributed by atoms with Gasteiger partial charge in [0.05, 0.1) is 16.7 Å². The van der Waals surface area contributed by atoms with E-state index in [1.165, 1.54) is 0 Å². The number of benzene rings is 2. The highest BCUT2D eigenvalue weighted by Crippen LogP contribution is 2.32. The Balaban J connectivity index is 1.44. The van der Waals surface area contributed by atoms with Gasteiger partial charge >= 0.3 is 0 Å². The second-order valence-electron chi connectivity index (χ2n) is 5.97. The topological polar surface area (TPSA) is 67.3 Å². The molecule has 5 rings (SSSR count). The Morgan fingerprint density at radius 1 is 1.04 bits per heavy atom. The van der Waals surface area contributed by atoms with Crippen LogP contribution in [0.5, 0.6) is 0 Å². The fraction of sp³-hybridized carbons (Fsp3) is 0.0526. The molecule has 0 spiro atoms. The van der Waals surface area contributed by atoms with Crippen molar-refractivity contribution in [1.82, 2.24) is 25.4 Å². The Bertz CT molecular complexity index is 1230. The van der Waals surface area contributed by atoms with Crippen molar-refractivity contribution in [3.63, 3.8) is 0 Å². The monoisotopic (exact) mass is 409 g/mol. The molecule has 3 aromatic heterocycles. The number of hydrogen-bond acceptors (Lipinski definition) is 6. The molecule has 0 bridgehead atoms. The van der Waals surface area contributed by atoms with Crippen molar-refractivity contribution in [3.8, 4) is 21.1 Å². The van der Waals surface area contributed by atoms with Gasteiger partial charge in [-0.3, -0.25) is 5.10 Å². The number of H-pyrrole nitrogens is 1. The molecular weight excluding hydrogens is 398 g/mol. The third kappa shape index (κ3) is 3.14. The first-order valence-electron chi connectivity index (χ1n) is 8.21. The summed E-state index contributed by atoms with van der Waals surface area (Å²) in [5.74, 6) is 0. The van der Waals surface area contributed by atoms with E-state index in [9.17, 15) is 0 Å². The molecule has 0 atom stereocenters. The van der Waals surface area contributed by atoms with E-state index in [0.717, 1.165) is 42.6 Å². The van der Waals surface area contributed by atoms with Gasteiger partial charge in [0.1, 0.15) is 15.0 Å². The van der Waals surface area contributed by atoms with Crippen LogP contribution >= 0.6 is 34.3 Å². The smallest absolute Gasteiger partial charge is 0.147 e. The van der Waals surface area contributed by atoms with Gasteiger partial charge in [-0.2, -0.15) is 5.10 Å². The maximum Gasteiger partial charge on any atom is 0.147 e. The predicted molar refractivity (Wildman–Crippen MR) is 110 cm³/mol. The predicted octanol–water partition coefficient (Wildman–Crippen LogP) is 5.45. The van der Waals surface area contributed by atoms with Gasteiger partial charge in [-0.05, 0) is 17.7 Å². The van der Waals surface area contributed by atoms with Crippen LogP contribution in [0.3, 0.4) is 0 Å². The molecule has 0 saturated heterocycles. The summed E-state index contributed by atoms with van der Waals surface area (Å²) < 4.78 is 0. The second kappa shape index (κ2) is 6.84. The quantitative estimate of drug-likeness (QED) is 0.428. The lowest BCUT2D eigenvalue weighted by atomic mass is 10.1. The van der Waals surface area contributed by atoms with Crippen LogP contribution in [0.4, 0.5) is 0 Å². The highest BCUT2D eigenvalue weighted by atomic mass is 35.5. The molecule has 0 amide bonds. The molecule has 5 aromatic rings. The molecule has 0 unspecified atom stereocenters. The zero-order valence-electron chi connectivity index (χ0n) is 13.9. The van der Waals surface area contributed by atoms with Crippen LogP contribution in [-0.2, 0) is 6.42 Å². The van der Waals surface area contributed by atoms with Gasteiger partial charge in [0.25, 0.3) is 0 Å². The molecule has 0 aliphatic rings. The normalized spacial score (nSPS) is 11.3. The number of nitrogens with zero attached hydrogens (tertiary/aromatic N) is 4. The Kier molecular flexibility index (Phi) is 4.20. The van der Waals surface area contributed by atoms with Crippen LogP contribution in [0.2, 0.25) is 5.02 Å². The number of aromatic nitrogens is 5. The highest BCUT2D eigenvalue weighted by Gasteiger charge is 2.12. The maximum atomic E-state index is 6.53. The van der Waals surface area contributed by atoms with Crippen LogP contribution in [-0.4, -0.2) is 25.4 Å². The van der Waals surface area contributed by atoms with Crippen molar-refractivity contribution in [3.05, 3.63) is 69.8 Å². The number of hydrogen-bond donors (Lipinski definition) is 1. The zero-order valence-corrected chi connectivity index (χ0v) is 16.3. The van der Waals surface area contributed by atoms with E-state index >= 15 is 0 Å². The second-order valence-corrected chi connectivity index (χ2v) is 8.30. The van der Waals surface area contributed by atoms with Gasteiger partial charge in [-0.1, -0.05) is 47.2 Å². The third-order valence-electron chi connectivity index (χ3n) is 4.24. The summed E-state index contributed by atoms with van der Waals surface area (Å²) in [4.78, 5) is 4.38. The number of thiazole rings is 1. The van der Waals surface area contributed by atoms with Gasteiger partial charge in [-0.25, -0.2) is 4.98 Å². The van der Waals surface area contributed by atoms with E-state index in [-0.39, 0.29) is 0 Å². The lowest BCUT2D eigenvalue weighted by Gasteiger charge is -2.02. The van der Waals surface area contributed by atoms with Gasteiger partial charge in [-0.15, -0.1) is 21.5 Å². The minimum Gasteiger partial charge on any atom is -0.278 e. The molecule has 0 aliphatic heterocycles. The Morgan fingerprint density at radius 2 is 1.93 bits per heavy atom. The van der Waals surface area contributed by atoms with Crippen LogP contribution in [0.1, 0.15) is 10.6 Å². The summed E-state index contributed by atoms with van der Waals surface area (Å²) in [6.45, 7) is 0. The molecule has 0 saturated carbocycles. The maximum absolute atomic E-state index is 6.53. The van der Waals surface area contributed by atoms with Gasteiger partial charge in [0.2, 0.25) is 0 Å². The van der Waals surface area contributed by atoms with E-state index in [1.807, 2.05) is 35.8 Å². The largest absolute Gasteiger partial charge is 0.278 e.